The van der Waals surface area contributed by atoms with E-state index in [9.17, 15) is 9.90 Å². The maximum absolute atomic E-state index is 12.9. The van der Waals surface area contributed by atoms with Crippen LogP contribution in [0.5, 0.6) is 0 Å². The van der Waals surface area contributed by atoms with Gasteiger partial charge in [0, 0.05) is 30.3 Å². The lowest BCUT2D eigenvalue weighted by molar-refractivity contribution is -0.0895. The molecule has 2 atom stereocenters. The number of ether oxygens (including phenoxy) is 1. The van der Waals surface area contributed by atoms with E-state index in [1.807, 2.05) is 59.5 Å². The van der Waals surface area contributed by atoms with Crippen molar-refractivity contribution in [2.45, 2.75) is 56.4 Å². The fourth-order valence-corrected chi connectivity index (χ4v) is 5.01. The predicted molar refractivity (Wildman–Crippen MR) is 109 cm³/mol. The van der Waals surface area contributed by atoms with Crippen molar-refractivity contribution in [3.63, 3.8) is 0 Å². The second kappa shape index (κ2) is 7.23. The maximum atomic E-state index is 12.9. The number of rotatable bonds is 3. The summed E-state index contributed by atoms with van der Waals surface area (Å²) in [6.07, 6.45) is 5.34. The van der Waals surface area contributed by atoms with Crippen molar-refractivity contribution in [2.75, 3.05) is 0 Å². The number of aliphatic hydroxyl groups is 1. The number of carbonyl (C=O) groups excluding carboxylic acids is 1. The van der Waals surface area contributed by atoms with Gasteiger partial charge < -0.3 is 19.2 Å². The summed E-state index contributed by atoms with van der Waals surface area (Å²) in [6.45, 7) is 0.275. The third-order valence-corrected chi connectivity index (χ3v) is 6.41. The van der Waals surface area contributed by atoms with Crippen LogP contribution in [0.25, 0.3) is 11.0 Å². The topological polar surface area (TPSA) is 62.9 Å². The van der Waals surface area contributed by atoms with Crippen LogP contribution in [0.3, 0.4) is 0 Å². The molecule has 3 heterocycles. The van der Waals surface area contributed by atoms with Gasteiger partial charge in [-0.05, 0) is 48.6 Å². The van der Waals surface area contributed by atoms with Crippen molar-refractivity contribution < 1.29 is 19.1 Å². The van der Waals surface area contributed by atoms with Gasteiger partial charge in [-0.2, -0.15) is 0 Å². The highest BCUT2D eigenvalue weighted by Gasteiger charge is 2.48. The number of furan rings is 1. The highest BCUT2D eigenvalue weighted by atomic mass is 16.6. The average Bonchev–Trinajstić information content (AvgIpc) is 3.20. The number of hydrogen-bond acceptors (Lipinski definition) is 4. The summed E-state index contributed by atoms with van der Waals surface area (Å²) in [7, 11) is 0. The number of benzene rings is 2. The van der Waals surface area contributed by atoms with Crippen molar-refractivity contribution in [1.82, 2.24) is 4.90 Å². The first-order chi connectivity index (χ1) is 14.1. The summed E-state index contributed by atoms with van der Waals surface area (Å²) < 4.78 is 11.0. The van der Waals surface area contributed by atoms with E-state index < -0.39 is 5.60 Å². The average molecular weight is 391 g/mol. The van der Waals surface area contributed by atoms with E-state index in [-0.39, 0.29) is 24.8 Å². The summed E-state index contributed by atoms with van der Waals surface area (Å²) in [6, 6.07) is 17.5. The van der Waals surface area contributed by atoms with E-state index in [2.05, 4.69) is 0 Å². The van der Waals surface area contributed by atoms with Crippen LogP contribution in [0, 0.1) is 0 Å². The molecule has 2 aromatic carbocycles. The Hall–Kier alpha value is -2.79. The molecule has 2 saturated heterocycles. The summed E-state index contributed by atoms with van der Waals surface area (Å²) in [5, 5.41) is 12.5. The Morgan fingerprint density at radius 3 is 2.62 bits per heavy atom. The number of nitrogens with zero attached hydrogens (tertiary/aromatic N) is 1. The fourth-order valence-electron chi connectivity index (χ4n) is 5.01. The standard InChI is InChI=1S/C24H25NO4/c26-23(29-16-17-5-2-1-3-6-17)25-20-7-4-8-21(25)15-24(27,14-20)19-9-10-22-18(13-19)11-12-28-22/h1-3,5-6,9-13,20-21,27H,4,7-8,14-16H2. The molecule has 1 N–H and O–H groups in total. The SMILES string of the molecule is O=C(OCc1ccccc1)N1C2CCCC1CC(O)(c1ccc3occc3c1)C2. The van der Waals surface area contributed by atoms with Gasteiger partial charge in [0.05, 0.1) is 11.9 Å². The van der Waals surface area contributed by atoms with E-state index >= 15 is 0 Å². The Morgan fingerprint density at radius 2 is 1.86 bits per heavy atom. The van der Waals surface area contributed by atoms with Gasteiger partial charge in [-0.25, -0.2) is 4.79 Å². The third-order valence-electron chi connectivity index (χ3n) is 6.41. The second-order valence-corrected chi connectivity index (χ2v) is 8.30. The Kier molecular flexibility index (Phi) is 4.55. The minimum Gasteiger partial charge on any atom is -0.464 e. The lowest BCUT2D eigenvalue weighted by Crippen LogP contribution is -2.58. The van der Waals surface area contributed by atoms with Crippen LogP contribution in [0.4, 0.5) is 4.79 Å². The quantitative estimate of drug-likeness (QED) is 0.684. The summed E-state index contributed by atoms with van der Waals surface area (Å²) in [5.41, 5.74) is 1.77. The fraction of sp³-hybridized carbons (Fsp3) is 0.375. The molecule has 2 unspecified atom stereocenters. The maximum Gasteiger partial charge on any atom is 0.410 e. The van der Waals surface area contributed by atoms with Crippen molar-refractivity contribution in [1.29, 1.82) is 0 Å². The first-order valence-corrected chi connectivity index (χ1v) is 10.3. The Labute approximate surface area is 169 Å². The van der Waals surface area contributed by atoms with Crippen LogP contribution in [0.15, 0.2) is 65.3 Å². The zero-order valence-electron chi connectivity index (χ0n) is 16.3. The van der Waals surface area contributed by atoms with Crippen molar-refractivity contribution in [3.8, 4) is 0 Å². The highest BCUT2D eigenvalue weighted by molar-refractivity contribution is 5.78. The van der Waals surface area contributed by atoms with Crippen LogP contribution in [0.1, 0.15) is 43.2 Å². The Balaban J connectivity index is 1.34. The molecule has 1 amide bonds. The third kappa shape index (κ3) is 3.40. The van der Waals surface area contributed by atoms with Gasteiger partial charge in [0.2, 0.25) is 0 Å². The molecule has 2 fully saturated rings. The lowest BCUT2D eigenvalue weighted by atomic mass is 9.72. The van der Waals surface area contributed by atoms with Crippen LogP contribution < -0.4 is 0 Å². The molecule has 5 heteroatoms. The lowest BCUT2D eigenvalue weighted by Gasteiger charge is -2.51. The van der Waals surface area contributed by atoms with E-state index in [1.54, 1.807) is 6.26 Å². The molecule has 29 heavy (non-hydrogen) atoms. The van der Waals surface area contributed by atoms with Crippen molar-refractivity contribution in [3.05, 3.63) is 72.0 Å². The molecule has 0 spiro atoms. The zero-order valence-corrected chi connectivity index (χ0v) is 16.3. The number of piperidine rings is 2. The van der Waals surface area contributed by atoms with Crippen molar-refractivity contribution >= 4 is 17.1 Å². The second-order valence-electron chi connectivity index (χ2n) is 8.30. The van der Waals surface area contributed by atoms with Gasteiger partial charge >= 0.3 is 6.09 Å². The summed E-state index contributed by atoms with van der Waals surface area (Å²) >= 11 is 0. The summed E-state index contributed by atoms with van der Waals surface area (Å²) in [5.74, 6) is 0. The molecule has 0 aliphatic carbocycles. The number of carbonyl (C=O) groups is 1. The van der Waals surface area contributed by atoms with Gasteiger partial charge in [0.15, 0.2) is 0 Å². The number of fused-ring (bicyclic) bond motifs is 3. The van der Waals surface area contributed by atoms with E-state index in [0.29, 0.717) is 12.8 Å². The van der Waals surface area contributed by atoms with Gasteiger partial charge in [-0.3, -0.25) is 0 Å². The van der Waals surface area contributed by atoms with Gasteiger partial charge in [-0.1, -0.05) is 36.4 Å². The predicted octanol–water partition coefficient (Wildman–Crippen LogP) is 4.97. The molecule has 3 aromatic rings. The molecule has 0 radical (unpaired) electrons. The molecule has 2 aliphatic heterocycles. The van der Waals surface area contributed by atoms with E-state index in [0.717, 1.165) is 41.4 Å². The minimum atomic E-state index is -0.933. The number of hydrogen-bond donors (Lipinski definition) is 1. The minimum absolute atomic E-state index is 0.00387. The number of amides is 1. The van der Waals surface area contributed by atoms with Crippen LogP contribution in [-0.2, 0) is 16.9 Å². The molecule has 5 nitrogen and oxygen atoms in total. The van der Waals surface area contributed by atoms with Crippen LogP contribution >= 0.6 is 0 Å². The van der Waals surface area contributed by atoms with E-state index in [4.69, 9.17) is 9.15 Å². The molecule has 2 bridgehead atoms. The normalized spacial score (nSPS) is 26.4. The van der Waals surface area contributed by atoms with Gasteiger partial charge in [0.1, 0.15) is 12.2 Å². The molecule has 150 valence electrons. The zero-order chi connectivity index (χ0) is 19.8. The Bertz CT molecular complexity index is 998. The van der Waals surface area contributed by atoms with Gasteiger partial charge in [-0.15, -0.1) is 0 Å². The molecular formula is C24H25NO4. The highest BCUT2D eigenvalue weighted by Crippen LogP contribution is 2.45. The largest absolute Gasteiger partial charge is 0.464 e. The molecule has 5 rings (SSSR count). The molecule has 0 saturated carbocycles. The van der Waals surface area contributed by atoms with E-state index in [1.165, 1.54) is 0 Å². The molecular weight excluding hydrogens is 366 g/mol. The monoisotopic (exact) mass is 391 g/mol. The first-order valence-electron chi connectivity index (χ1n) is 10.3. The first kappa shape index (κ1) is 18.3. The van der Waals surface area contributed by atoms with Crippen molar-refractivity contribution in [2.24, 2.45) is 0 Å². The Morgan fingerprint density at radius 1 is 1.10 bits per heavy atom. The van der Waals surface area contributed by atoms with Crippen LogP contribution in [-0.4, -0.2) is 28.2 Å². The smallest absolute Gasteiger partial charge is 0.410 e. The van der Waals surface area contributed by atoms with Gasteiger partial charge in [0.25, 0.3) is 0 Å². The molecule has 1 aromatic heterocycles. The van der Waals surface area contributed by atoms with Crippen LogP contribution in [0.2, 0.25) is 0 Å². The molecule has 2 aliphatic rings. The summed E-state index contributed by atoms with van der Waals surface area (Å²) in [4.78, 5) is 14.8.